The maximum Gasteiger partial charge on any atom is 0.494 e. The number of cyclic esters (lactones) is 2. The van der Waals surface area contributed by atoms with Gasteiger partial charge in [-0.2, -0.15) is 0 Å². The minimum absolute atomic E-state index is 0.150. The van der Waals surface area contributed by atoms with Crippen LogP contribution in [-0.4, -0.2) is 30.3 Å². The van der Waals surface area contributed by atoms with Crippen molar-refractivity contribution < 1.29 is 28.4 Å². The Kier molecular flexibility index (Phi) is 6.72. The molecule has 8 heteroatoms. The summed E-state index contributed by atoms with van der Waals surface area (Å²) in [6.45, 7) is 16.4. The van der Waals surface area contributed by atoms with Crippen molar-refractivity contribution in [2.24, 2.45) is 0 Å². The van der Waals surface area contributed by atoms with Crippen LogP contribution >= 0.6 is 15.9 Å². The minimum atomic E-state index is -0.646. The van der Waals surface area contributed by atoms with Crippen LogP contribution in [0.3, 0.4) is 0 Å². The summed E-state index contributed by atoms with van der Waals surface area (Å²) in [5.74, 6) is -0.339. The lowest BCUT2D eigenvalue weighted by molar-refractivity contribution is -0.153. The molecule has 0 atom stereocenters. The highest BCUT2D eigenvalue weighted by Gasteiger charge is 2.52. The largest absolute Gasteiger partial charge is 0.494 e. The fourth-order valence-corrected chi connectivity index (χ4v) is 4.91. The topological polar surface area (TPSA) is 71.1 Å². The van der Waals surface area contributed by atoms with Crippen molar-refractivity contribution in [2.45, 2.75) is 90.6 Å². The van der Waals surface area contributed by atoms with Crippen LogP contribution in [0.1, 0.15) is 77.6 Å². The zero-order chi connectivity index (χ0) is 26.7. The first-order valence-corrected chi connectivity index (χ1v) is 13.0. The summed E-state index contributed by atoms with van der Waals surface area (Å²) < 4.78 is 23.5. The smallest absolute Gasteiger partial charge is 0.460 e. The average Bonchev–Trinajstić information content (AvgIpc) is 3.01. The van der Waals surface area contributed by atoms with E-state index in [-0.39, 0.29) is 23.1 Å². The van der Waals surface area contributed by atoms with Crippen LogP contribution in [0.25, 0.3) is 0 Å². The molecule has 0 unspecified atom stereocenters. The molecule has 0 bridgehead atoms. The lowest BCUT2D eigenvalue weighted by Crippen LogP contribution is -2.41. The van der Waals surface area contributed by atoms with Gasteiger partial charge in [0.15, 0.2) is 0 Å². The van der Waals surface area contributed by atoms with Crippen molar-refractivity contribution in [3.8, 4) is 0 Å². The number of hydrogen-bond acceptors (Lipinski definition) is 6. The fourth-order valence-electron chi connectivity index (χ4n) is 4.55. The molecular weight excluding hydrogens is 523 g/mol. The van der Waals surface area contributed by atoms with E-state index in [1.165, 1.54) is 0 Å². The van der Waals surface area contributed by atoms with Crippen LogP contribution in [0.15, 0.2) is 40.9 Å². The second-order valence-electron chi connectivity index (χ2n) is 11.7. The Hall–Kier alpha value is -2.16. The van der Waals surface area contributed by atoms with Crippen LogP contribution in [0.5, 0.6) is 0 Å². The highest BCUT2D eigenvalue weighted by Crippen LogP contribution is 2.38. The summed E-state index contributed by atoms with van der Waals surface area (Å²) in [6, 6.07) is 12.0. The summed E-state index contributed by atoms with van der Waals surface area (Å²) in [6.07, 6.45) is 0. The van der Waals surface area contributed by atoms with Crippen molar-refractivity contribution >= 4 is 40.4 Å². The Morgan fingerprint density at radius 3 is 1.64 bits per heavy atom. The van der Waals surface area contributed by atoms with E-state index < -0.39 is 17.9 Å². The third-order valence-electron chi connectivity index (χ3n) is 7.82. The van der Waals surface area contributed by atoms with Gasteiger partial charge in [0.05, 0.1) is 22.0 Å². The quantitative estimate of drug-likeness (QED) is 0.359. The molecule has 0 N–H and O–H groups in total. The van der Waals surface area contributed by atoms with E-state index in [2.05, 4.69) is 15.9 Å². The minimum Gasteiger partial charge on any atom is -0.460 e. The molecule has 0 amide bonds. The van der Waals surface area contributed by atoms with Crippen molar-refractivity contribution in [1.29, 1.82) is 0 Å². The number of carbonyl (C=O) groups is 2. The van der Waals surface area contributed by atoms with E-state index in [1.807, 2.05) is 91.8 Å². The summed E-state index contributed by atoms with van der Waals surface area (Å²) >= 11 is 3.41. The van der Waals surface area contributed by atoms with E-state index in [9.17, 15) is 9.59 Å². The van der Waals surface area contributed by atoms with Gasteiger partial charge in [-0.3, -0.25) is 9.59 Å². The number of carbonyl (C=O) groups excluding carboxylic acids is 2. The highest BCUT2D eigenvalue weighted by molar-refractivity contribution is 9.10. The maximum absolute atomic E-state index is 12.0. The molecule has 1 fully saturated rings. The van der Waals surface area contributed by atoms with Gasteiger partial charge in [-0.05, 0) is 95.2 Å². The number of rotatable bonds is 1. The van der Waals surface area contributed by atoms with E-state index >= 15 is 0 Å². The molecule has 5 rings (SSSR count). The van der Waals surface area contributed by atoms with Gasteiger partial charge in [0, 0.05) is 4.47 Å². The number of benzene rings is 2. The Balaban J connectivity index is 0.000000187. The van der Waals surface area contributed by atoms with E-state index in [4.69, 9.17) is 18.8 Å². The zero-order valence-corrected chi connectivity index (χ0v) is 23.9. The van der Waals surface area contributed by atoms with Crippen molar-refractivity contribution in [3.63, 3.8) is 0 Å². The van der Waals surface area contributed by atoms with E-state index in [0.717, 1.165) is 32.2 Å². The van der Waals surface area contributed by atoms with Gasteiger partial charge in [0.25, 0.3) is 0 Å². The lowest BCUT2D eigenvalue weighted by Gasteiger charge is -2.32. The molecule has 192 valence electrons. The highest BCUT2D eigenvalue weighted by atomic mass is 79.9. The molecule has 0 saturated carbocycles. The monoisotopic (exact) mass is 556 g/mol. The van der Waals surface area contributed by atoms with Crippen molar-refractivity contribution in [2.75, 3.05) is 0 Å². The molecule has 36 heavy (non-hydrogen) atoms. The third-order valence-corrected chi connectivity index (χ3v) is 8.31. The molecule has 1 saturated heterocycles. The molecule has 3 aliphatic heterocycles. The second-order valence-corrected chi connectivity index (χ2v) is 12.6. The predicted molar refractivity (Wildman–Crippen MR) is 142 cm³/mol. The van der Waals surface area contributed by atoms with Gasteiger partial charge in [-0.15, -0.1) is 0 Å². The van der Waals surface area contributed by atoms with Gasteiger partial charge in [-0.1, -0.05) is 40.2 Å². The first-order valence-electron chi connectivity index (χ1n) is 12.2. The van der Waals surface area contributed by atoms with Gasteiger partial charge < -0.3 is 18.8 Å². The molecule has 6 nitrogen and oxygen atoms in total. The first-order chi connectivity index (χ1) is 16.6. The van der Waals surface area contributed by atoms with Crippen LogP contribution in [0.2, 0.25) is 0 Å². The zero-order valence-electron chi connectivity index (χ0n) is 22.3. The standard InChI is InChI=1S/C17H23BO4.C11H11BrO2/c1-15(2)13-9-12(8-7-11(13)10-20-14(15)19)18-21-16(3,4)17(5,6)22-18;1-11(2)9-5-8(12)4-3-7(9)6-14-10(11)13/h7-9H,10H2,1-6H3;3-5H,6H2,1-2H3. The van der Waals surface area contributed by atoms with Crippen LogP contribution < -0.4 is 5.46 Å². The average molecular weight is 557 g/mol. The van der Waals surface area contributed by atoms with Gasteiger partial charge in [0.2, 0.25) is 0 Å². The molecule has 0 aliphatic carbocycles. The van der Waals surface area contributed by atoms with Crippen LogP contribution in [0.4, 0.5) is 0 Å². The van der Waals surface area contributed by atoms with Gasteiger partial charge in [0.1, 0.15) is 13.2 Å². The Bertz CT molecular complexity index is 1200. The summed E-state index contributed by atoms with van der Waals surface area (Å²) in [4.78, 5) is 23.6. The normalized spacial score (nSPS) is 22.4. The van der Waals surface area contributed by atoms with E-state index in [1.54, 1.807) is 0 Å². The van der Waals surface area contributed by atoms with E-state index in [0.29, 0.717) is 13.2 Å². The van der Waals surface area contributed by atoms with Gasteiger partial charge >= 0.3 is 19.1 Å². The number of esters is 2. The second kappa shape index (κ2) is 9.00. The summed E-state index contributed by atoms with van der Waals surface area (Å²) in [7, 11) is -0.413. The third kappa shape index (κ3) is 4.64. The number of fused-ring (bicyclic) bond motifs is 2. The molecule has 0 aromatic heterocycles. The van der Waals surface area contributed by atoms with Crippen LogP contribution in [0, 0.1) is 0 Å². The van der Waals surface area contributed by atoms with Gasteiger partial charge in [-0.25, -0.2) is 0 Å². The molecular formula is C28H34BBrO6. The van der Waals surface area contributed by atoms with Crippen LogP contribution in [-0.2, 0) is 52.4 Å². The first kappa shape index (κ1) is 26.9. The summed E-state index contributed by atoms with van der Waals surface area (Å²) in [5.41, 5.74) is 3.22. The molecule has 3 aliphatic rings. The lowest BCUT2D eigenvalue weighted by atomic mass is 9.72. The SMILES string of the molecule is CC1(C)C(=O)OCc2ccc(B3OC(C)(C)C(C)(C)O3)cc21.CC1(C)C(=O)OCc2ccc(Br)cc21. The number of hydrogen-bond donors (Lipinski definition) is 0. The summed E-state index contributed by atoms with van der Waals surface area (Å²) in [5, 5.41) is 0. The molecule has 2 aromatic carbocycles. The Labute approximate surface area is 222 Å². The Morgan fingerprint density at radius 2 is 1.14 bits per heavy atom. The number of ether oxygens (including phenoxy) is 2. The molecule has 0 spiro atoms. The van der Waals surface area contributed by atoms with Crippen molar-refractivity contribution in [3.05, 3.63) is 63.1 Å². The molecule has 2 aromatic rings. The van der Waals surface area contributed by atoms with Crippen molar-refractivity contribution in [1.82, 2.24) is 0 Å². The molecule has 0 radical (unpaired) electrons. The number of halogens is 1. The fraction of sp³-hybridized carbons (Fsp3) is 0.500. The predicted octanol–water partition coefficient (Wildman–Crippen LogP) is 5.10. The Morgan fingerprint density at radius 1 is 0.694 bits per heavy atom. The molecule has 3 heterocycles. The maximum atomic E-state index is 12.0.